The number of aliphatic carboxylic acids is 1. The van der Waals surface area contributed by atoms with Gasteiger partial charge < -0.3 is 15.3 Å². The topological polar surface area (TPSA) is 77.8 Å². The standard InChI is InChI=1S/C24H40O4/c1-14(4-9-22(27)28)18-7-8-19-17-6-5-15-12-16(25)10-11-23(15,2)20(17)13-21(26)24(18,19)3/h14-21,25-26H,4-13H2,1-3H3,(H,27,28)/t14-,15+,16+,17-,18+,19-,20-,21+,23-,24+/m1/s1. The van der Waals surface area contributed by atoms with E-state index < -0.39 is 5.97 Å². The molecule has 4 nitrogen and oxygen atoms in total. The van der Waals surface area contributed by atoms with Crippen LogP contribution in [0, 0.1) is 46.3 Å². The highest BCUT2D eigenvalue weighted by molar-refractivity contribution is 5.66. The van der Waals surface area contributed by atoms with Crippen LogP contribution in [0.2, 0.25) is 0 Å². The lowest BCUT2D eigenvalue weighted by molar-refractivity contribution is -0.175. The van der Waals surface area contributed by atoms with Crippen molar-refractivity contribution >= 4 is 5.97 Å². The Morgan fingerprint density at radius 3 is 2.50 bits per heavy atom. The molecule has 4 heteroatoms. The minimum atomic E-state index is -0.707. The molecule has 160 valence electrons. The van der Waals surface area contributed by atoms with E-state index in [0.717, 1.165) is 38.5 Å². The van der Waals surface area contributed by atoms with Gasteiger partial charge >= 0.3 is 5.97 Å². The van der Waals surface area contributed by atoms with Gasteiger partial charge in [0.25, 0.3) is 0 Å². The van der Waals surface area contributed by atoms with Gasteiger partial charge in [-0.3, -0.25) is 4.79 Å². The molecule has 3 N–H and O–H groups in total. The highest BCUT2D eigenvalue weighted by Gasteiger charge is 2.63. The zero-order chi connectivity index (χ0) is 20.3. The highest BCUT2D eigenvalue weighted by atomic mass is 16.4. The number of carboxylic acids is 1. The second kappa shape index (κ2) is 7.27. The summed E-state index contributed by atoms with van der Waals surface area (Å²) in [6.45, 7) is 6.99. The average molecular weight is 393 g/mol. The Labute approximate surface area is 170 Å². The first-order valence-electron chi connectivity index (χ1n) is 11.8. The Bertz CT molecular complexity index is 605. The zero-order valence-corrected chi connectivity index (χ0v) is 17.9. The van der Waals surface area contributed by atoms with Gasteiger partial charge in [-0.25, -0.2) is 0 Å². The molecule has 10 atom stereocenters. The Morgan fingerprint density at radius 1 is 1.04 bits per heavy atom. The number of hydrogen-bond acceptors (Lipinski definition) is 3. The molecule has 0 aromatic heterocycles. The minimum absolute atomic E-state index is 0.0591. The Hall–Kier alpha value is -0.610. The summed E-state index contributed by atoms with van der Waals surface area (Å²) in [5.74, 6) is 2.55. The predicted octanol–water partition coefficient (Wildman–Crippen LogP) is 4.48. The molecule has 4 aliphatic rings. The van der Waals surface area contributed by atoms with Crippen molar-refractivity contribution in [1.82, 2.24) is 0 Å². The molecule has 0 aromatic carbocycles. The van der Waals surface area contributed by atoms with Crippen LogP contribution in [-0.2, 0) is 4.79 Å². The fraction of sp³-hybridized carbons (Fsp3) is 0.958. The lowest BCUT2D eigenvalue weighted by atomic mass is 9.43. The van der Waals surface area contributed by atoms with Gasteiger partial charge in [-0.2, -0.15) is 0 Å². The summed E-state index contributed by atoms with van der Waals surface area (Å²) in [6, 6.07) is 0. The fourth-order valence-electron chi connectivity index (χ4n) is 8.71. The van der Waals surface area contributed by atoms with Gasteiger partial charge in [-0.1, -0.05) is 20.8 Å². The van der Waals surface area contributed by atoms with E-state index in [1.807, 2.05) is 0 Å². The normalized spacial score (nSPS) is 51.7. The van der Waals surface area contributed by atoms with Crippen molar-refractivity contribution in [2.45, 2.75) is 97.2 Å². The number of aliphatic hydroxyl groups excluding tert-OH is 2. The molecule has 4 saturated carbocycles. The van der Waals surface area contributed by atoms with Crippen LogP contribution in [0.4, 0.5) is 0 Å². The van der Waals surface area contributed by atoms with Crippen LogP contribution in [0.1, 0.15) is 85.0 Å². The molecular formula is C24H40O4. The number of hydrogen-bond donors (Lipinski definition) is 3. The maximum Gasteiger partial charge on any atom is 0.303 e. The van der Waals surface area contributed by atoms with Crippen molar-refractivity contribution in [2.24, 2.45) is 46.3 Å². The lowest BCUT2D eigenvalue weighted by Gasteiger charge is -2.62. The molecule has 0 amide bonds. The summed E-state index contributed by atoms with van der Waals surface area (Å²) < 4.78 is 0. The number of aliphatic hydroxyl groups is 2. The van der Waals surface area contributed by atoms with Crippen LogP contribution in [0.3, 0.4) is 0 Å². The van der Waals surface area contributed by atoms with E-state index in [1.165, 1.54) is 19.3 Å². The lowest BCUT2D eigenvalue weighted by Crippen LogP contribution is -2.58. The summed E-state index contributed by atoms with van der Waals surface area (Å²) in [4.78, 5) is 11.1. The number of fused-ring (bicyclic) bond motifs is 5. The van der Waals surface area contributed by atoms with E-state index in [4.69, 9.17) is 5.11 Å². The van der Waals surface area contributed by atoms with Crippen molar-refractivity contribution in [2.75, 3.05) is 0 Å². The first-order chi connectivity index (χ1) is 13.2. The molecule has 4 rings (SSSR count). The SMILES string of the molecule is C[C@H](CCC(=O)O)[C@@H]1CC[C@@H]2[C@H]3CC[C@H]4C[C@@H](O)CC[C@@]4(C)[C@@H]3C[C@H](O)[C@]21C. The average Bonchev–Trinajstić information content (AvgIpc) is 3.00. The van der Waals surface area contributed by atoms with E-state index in [9.17, 15) is 15.0 Å². The van der Waals surface area contributed by atoms with Gasteiger partial charge in [0.05, 0.1) is 12.2 Å². The molecule has 0 unspecified atom stereocenters. The van der Waals surface area contributed by atoms with Crippen LogP contribution in [-0.4, -0.2) is 33.5 Å². The molecule has 4 fully saturated rings. The smallest absolute Gasteiger partial charge is 0.303 e. The van der Waals surface area contributed by atoms with E-state index >= 15 is 0 Å². The first-order valence-corrected chi connectivity index (χ1v) is 11.8. The summed E-state index contributed by atoms with van der Waals surface area (Å²) in [7, 11) is 0. The van der Waals surface area contributed by atoms with Gasteiger partial charge in [-0.15, -0.1) is 0 Å². The number of carbonyl (C=O) groups is 1. The summed E-state index contributed by atoms with van der Waals surface area (Å²) in [5, 5.41) is 30.8. The Morgan fingerprint density at radius 2 is 1.79 bits per heavy atom. The maximum atomic E-state index is 11.5. The van der Waals surface area contributed by atoms with Gasteiger partial charge in [0.2, 0.25) is 0 Å². The van der Waals surface area contributed by atoms with Gasteiger partial charge in [0.15, 0.2) is 0 Å². The molecule has 0 aliphatic heterocycles. The molecular weight excluding hydrogens is 352 g/mol. The largest absolute Gasteiger partial charge is 0.481 e. The molecule has 0 aromatic rings. The Balaban J connectivity index is 1.56. The monoisotopic (exact) mass is 392 g/mol. The zero-order valence-electron chi connectivity index (χ0n) is 17.9. The van der Waals surface area contributed by atoms with Crippen LogP contribution in [0.25, 0.3) is 0 Å². The van der Waals surface area contributed by atoms with E-state index in [2.05, 4.69) is 20.8 Å². The van der Waals surface area contributed by atoms with Gasteiger partial charge in [0, 0.05) is 6.42 Å². The van der Waals surface area contributed by atoms with Crippen molar-refractivity contribution in [3.63, 3.8) is 0 Å². The van der Waals surface area contributed by atoms with Crippen LogP contribution in [0.5, 0.6) is 0 Å². The van der Waals surface area contributed by atoms with Gasteiger partial charge in [0.1, 0.15) is 0 Å². The summed E-state index contributed by atoms with van der Waals surface area (Å²) >= 11 is 0. The maximum absolute atomic E-state index is 11.5. The van der Waals surface area contributed by atoms with E-state index in [0.29, 0.717) is 35.5 Å². The molecule has 0 spiro atoms. The summed E-state index contributed by atoms with van der Waals surface area (Å²) in [5.41, 5.74) is 0.216. The van der Waals surface area contributed by atoms with Crippen molar-refractivity contribution in [3.05, 3.63) is 0 Å². The van der Waals surface area contributed by atoms with Gasteiger partial charge in [-0.05, 0) is 104 Å². The third-order valence-corrected chi connectivity index (χ3v) is 10.3. The number of rotatable bonds is 4. The molecule has 28 heavy (non-hydrogen) atoms. The van der Waals surface area contributed by atoms with E-state index in [-0.39, 0.29) is 29.5 Å². The Kier molecular flexibility index (Phi) is 5.36. The second-order valence-corrected chi connectivity index (χ2v) is 11.3. The molecule has 0 bridgehead atoms. The second-order valence-electron chi connectivity index (χ2n) is 11.3. The van der Waals surface area contributed by atoms with Crippen LogP contribution < -0.4 is 0 Å². The molecule has 4 aliphatic carbocycles. The van der Waals surface area contributed by atoms with Crippen molar-refractivity contribution in [3.8, 4) is 0 Å². The van der Waals surface area contributed by atoms with E-state index in [1.54, 1.807) is 0 Å². The number of carboxylic acid groups (broad SMARTS) is 1. The summed E-state index contributed by atoms with van der Waals surface area (Å²) in [6.07, 6.45) is 9.26. The minimum Gasteiger partial charge on any atom is -0.481 e. The van der Waals surface area contributed by atoms with Crippen LogP contribution >= 0.6 is 0 Å². The highest BCUT2D eigenvalue weighted by Crippen LogP contribution is 2.68. The van der Waals surface area contributed by atoms with Crippen LogP contribution in [0.15, 0.2) is 0 Å². The predicted molar refractivity (Wildman–Crippen MR) is 109 cm³/mol. The van der Waals surface area contributed by atoms with Crippen molar-refractivity contribution < 1.29 is 20.1 Å². The fourth-order valence-corrected chi connectivity index (χ4v) is 8.71. The van der Waals surface area contributed by atoms with Crippen molar-refractivity contribution in [1.29, 1.82) is 0 Å². The third-order valence-electron chi connectivity index (χ3n) is 10.3. The first kappa shape index (κ1) is 20.7. The third kappa shape index (κ3) is 3.05. The molecule has 0 radical (unpaired) electrons. The molecule has 0 heterocycles. The quantitative estimate of drug-likeness (QED) is 0.659. The molecule has 0 saturated heterocycles.